The lowest BCUT2D eigenvalue weighted by Crippen LogP contribution is -2.01. The van der Waals surface area contributed by atoms with E-state index < -0.39 is 0 Å². The fraction of sp³-hybridized carbons (Fsp3) is 0.250. The molecule has 0 aliphatic rings. The molecule has 0 saturated heterocycles. The maximum absolute atomic E-state index is 5.59. The molecule has 1 aromatic heterocycles. The van der Waals surface area contributed by atoms with Crippen molar-refractivity contribution < 1.29 is 0 Å². The van der Waals surface area contributed by atoms with Crippen molar-refractivity contribution >= 4 is 0 Å². The van der Waals surface area contributed by atoms with Gasteiger partial charge >= 0.3 is 0 Å². The minimum absolute atomic E-state index is 0.583. The lowest BCUT2D eigenvalue weighted by Gasteiger charge is -2.07. The van der Waals surface area contributed by atoms with Crippen LogP contribution in [0, 0.1) is 13.8 Å². The third-order valence-electron chi connectivity index (χ3n) is 2.46. The number of hydrogen-bond acceptors (Lipinski definition) is 2. The van der Waals surface area contributed by atoms with Gasteiger partial charge in [-0.25, -0.2) is 4.68 Å². The van der Waals surface area contributed by atoms with Gasteiger partial charge in [-0.3, -0.25) is 0 Å². The van der Waals surface area contributed by atoms with Crippen molar-refractivity contribution in [1.82, 2.24) is 9.78 Å². The fourth-order valence-electron chi connectivity index (χ4n) is 1.65. The second-order valence-corrected chi connectivity index (χ2v) is 3.79. The Morgan fingerprint density at radius 3 is 2.67 bits per heavy atom. The van der Waals surface area contributed by atoms with Crippen LogP contribution in [0.4, 0.5) is 0 Å². The predicted molar refractivity (Wildman–Crippen MR) is 60.9 cm³/mol. The lowest BCUT2D eigenvalue weighted by molar-refractivity contribution is 0.870. The zero-order valence-corrected chi connectivity index (χ0v) is 9.07. The van der Waals surface area contributed by atoms with E-state index in [2.05, 4.69) is 24.2 Å². The molecule has 0 amide bonds. The molecule has 0 spiro atoms. The van der Waals surface area contributed by atoms with Crippen molar-refractivity contribution in [2.75, 3.05) is 0 Å². The normalized spacial score (nSPS) is 10.6. The van der Waals surface area contributed by atoms with Gasteiger partial charge in [-0.2, -0.15) is 5.10 Å². The summed E-state index contributed by atoms with van der Waals surface area (Å²) in [5, 5.41) is 4.29. The van der Waals surface area contributed by atoms with Gasteiger partial charge in [-0.1, -0.05) is 12.1 Å². The largest absolute Gasteiger partial charge is 0.326 e. The van der Waals surface area contributed by atoms with Crippen LogP contribution in [0.1, 0.15) is 16.7 Å². The topological polar surface area (TPSA) is 43.8 Å². The standard InChI is InChI=1S/C12H15N3/c1-9-7-14-15(8-9)12-4-3-11(6-13)5-10(12)2/h3-5,7-8H,6,13H2,1-2H3. The molecule has 2 rings (SSSR count). The van der Waals surface area contributed by atoms with Gasteiger partial charge in [0.2, 0.25) is 0 Å². The molecule has 1 heterocycles. The number of hydrogen-bond donors (Lipinski definition) is 1. The van der Waals surface area contributed by atoms with Gasteiger partial charge in [0.05, 0.1) is 11.9 Å². The monoisotopic (exact) mass is 201 g/mol. The van der Waals surface area contributed by atoms with Crippen LogP contribution in [-0.2, 0) is 6.54 Å². The Morgan fingerprint density at radius 1 is 1.33 bits per heavy atom. The molecule has 0 unspecified atom stereocenters. The molecule has 2 N–H and O–H groups in total. The molecule has 0 atom stereocenters. The van der Waals surface area contributed by atoms with E-state index in [1.54, 1.807) is 0 Å². The Kier molecular flexibility index (Phi) is 2.56. The molecule has 3 heteroatoms. The number of nitrogens with two attached hydrogens (primary N) is 1. The highest BCUT2D eigenvalue weighted by Gasteiger charge is 2.02. The Labute approximate surface area is 89.5 Å². The maximum atomic E-state index is 5.59. The predicted octanol–water partition coefficient (Wildman–Crippen LogP) is 1.95. The molecule has 0 saturated carbocycles. The van der Waals surface area contributed by atoms with Gasteiger partial charge in [-0.05, 0) is 36.6 Å². The van der Waals surface area contributed by atoms with Crippen molar-refractivity contribution in [3.8, 4) is 5.69 Å². The highest BCUT2D eigenvalue weighted by Crippen LogP contribution is 2.15. The molecular formula is C12H15N3. The molecule has 15 heavy (non-hydrogen) atoms. The first-order chi connectivity index (χ1) is 7.20. The average molecular weight is 201 g/mol. The number of rotatable bonds is 2. The molecule has 0 fully saturated rings. The van der Waals surface area contributed by atoms with E-state index in [1.165, 1.54) is 5.56 Å². The van der Waals surface area contributed by atoms with Gasteiger partial charge in [0.1, 0.15) is 0 Å². The summed E-state index contributed by atoms with van der Waals surface area (Å²) in [7, 11) is 0. The fourth-order valence-corrected chi connectivity index (χ4v) is 1.65. The number of aryl methyl sites for hydroxylation is 2. The summed E-state index contributed by atoms with van der Waals surface area (Å²) in [4.78, 5) is 0. The molecule has 3 nitrogen and oxygen atoms in total. The molecule has 0 aliphatic carbocycles. The van der Waals surface area contributed by atoms with E-state index >= 15 is 0 Å². The minimum Gasteiger partial charge on any atom is -0.326 e. The van der Waals surface area contributed by atoms with Crippen molar-refractivity contribution in [2.24, 2.45) is 5.73 Å². The number of nitrogens with zero attached hydrogens (tertiary/aromatic N) is 2. The second-order valence-electron chi connectivity index (χ2n) is 3.79. The summed E-state index contributed by atoms with van der Waals surface area (Å²) in [6.45, 7) is 4.69. The smallest absolute Gasteiger partial charge is 0.0675 e. The Bertz CT molecular complexity index is 471. The summed E-state index contributed by atoms with van der Waals surface area (Å²) < 4.78 is 1.89. The third-order valence-corrected chi connectivity index (χ3v) is 2.46. The van der Waals surface area contributed by atoms with Crippen LogP contribution in [0.15, 0.2) is 30.6 Å². The van der Waals surface area contributed by atoms with Gasteiger partial charge in [0.25, 0.3) is 0 Å². The Balaban J connectivity index is 2.45. The van der Waals surface area contributed by atoms with E-state index in [4.69, 9.17) is 5.73 Å². The number of benzene rings is 1. The number of aromatic nitrogens is 2. The van der Waals surface area contributed by atoms with Crippen LogP contribution in [0.25, 0.3) is 5.69 Å². The zero-order chi connectivity index (χ0) is 10.8. The maximum Gasteiger partial charge on any atom is 0.0675 e. The third kappa shape index (κ3) is 1.92. The summed E-state index contributed by atoms with van der Waals surface area (Å²) in [6, 6.07) is 6.20. The lowest BCUT2D eigenvalue weighted by atomic mass is 10.1. The Hall–Kier alpha value is -1.61. The van der Waals surface area contributed by atoms with E-state index in [0.29, 0.717) is 6.54 Å². The van der Waals surface area contributed by atoms with Crippen molar-refractivity contribution in [1.29, 1.82) is 0 Å². The molecule has 1 aromatic carbocycles. The van der Waals surface area contributed by atoms with Gasteiger partial charge in [0, 0.05) is 12.7 Å². The first-order valence-electron chi connectivity index (χ1n) is 5.02. The summed E-state index contributed by atoms with van der Waals surface area (Å²) >= 11 is 0. The van der Waals surface area contributed by atoms with Gasteiger partial charge in [0.15, 0.2) is 0 Å². The average Bonchev–Trinajstić information content (AvgIpc) is 2.64. The van der Waals surface area contributed by atoms with Crippen molar-refractivity contribution in [3.05, 3.63) is 47.3 Å². The Morgan fingerprint density at radius 2 is 2.13 bits per heavy atom. The highest BCUT2D eigenvalue weighted by molar-refractivity contribution is 5.42. The molecule has 0 aliphatic heterocycles. The first kappa shape index (κ1) is 9.93. The van der Waals surface area contributed by atoms with Crippen LogP contribution in [-0.4, -0.2) is 9.78 Å². The van der Waals surface area contributed by atoms with Crippen LogP contribution >= 0.6 is 0 Å². The molecule has 78 valence electrons. The van der Waals surface area contributed by atoms with Crippen LogP contribution < -0.4 is 5.73 Å². The van der Waals surface area contributed by atoms with Gasteiger partial charge in [-0.15, -0.1) is 0 Å². The van der Waals surface area contributed by atoms with E-state index in [0.717, 1.165) is 16.8 Å². The van der Waals surface area contributed by atoms with E-state index in [-0.39, 0.29) is 0 Å². The zero-order valence-electron chi connectivity index (χ0n) is 9.07. The summed E-state index contributed by atoms with van der Waals surface area (Å²) in [5.41, 5.74) is 10.2. The van der Waals surface area contributed by atoms with Crippen LogP contribution in [0.2, 0.25) is 0 Å². The minimum atomic E-state index is 0.583. The van der Waals surface area contributed by atoms with Gasteiger partial charge < -0.3 is 5.73 Å². The van der Waals surface area contributed by atoms with E-state index in [1.807, 2.05) is 30.1 Å². The molecule has 2 aromatic rings. The van der Waals surface area contributed by atoms with Crippen LogP contribution in [0.3, 0.4) is 0 Å². The van der Waals surface area contributed by atoms with Crippen molar-refractivity contribution in [2.45, 2.75) is 20.4 Å². The van der Waals surface area contributed by atoms with Crippen molar-refractivity contribution in [3.63, 3.8) is 0 Å². The van der Waals surface area contributed by atoms with E-state index in [9.17, 15) is 0 Å². The quantitative estimate of drug-likeness (QED) is 0.807. The molecular weight excluding hydrogens is 186 g/mol. The first-order valence-corrected chi connectivity index (χ1v) is 5.02. The summed E-state index contributed by atoms with van der Waals surface area (Å²) in [5.74, 6) is 0. The molecule has 0 radical (unpaired) electrons. The SMILES string of the molecule is Cc1cnn(-c2ccc(CN)cc2C)c1. The van der Waals surface area contributed by atoms with Crippen LogP contribution in [0.5, 0.6) is 0 Å². The second kappa shape index (κ2) is 3.87. The summed E-state index contributed by atoms with van der Waals surface area (Å²) in [6.07, 6.45) is 3.88. The highest BCUT2D eigenvalue weighted by atomic mass is 15.3. The molecule has 0 bridgehead atoms.